The first kappa shape index (κ1) is 14.8. The van der Waals surface area contributed by atoms with Gasteiger partial charge < -0.3 is 19.5 Å². The minimum atomic E-state index is -1.01. The van der Waals surface area contributed by atoms with E-state index in [1.54, 1.807) is 0 Å². The zero-order valence-corrected chi connectivity index (χ0v) is 10.7. The average molecular weight is 269 g/mol. The van der Waals surface area contributed by atoms with E-state index in [2.05, 4.69) is 14.7 Å². The molecule has 19 heavy (non-hydrogen) atoms. The summed E-state index contributed by atoms with van der Waals surface area (Å²) < 4.78 is 9.43. The number of carbonyl (C=O) groups is 2. The van der Waals surface area contributed by atoms with Gasteiger partial charge in [-0.2, -0.15) is 0 Å². The number of methoxy groups -OCH3 is 2. The van der Waals surface area contributed by atoms with Crippen molar-refractivity contribution in [3.63, 3.8) is 0 Å². The molecule has 104 valence electrons. The van der Waals surface area contributed by atoms with Gasteiger partial charge in [-0.25, -0.2) is 9.78 Å². The molecule has 8 nitrogen and oxygen atoms in total. The van der Waals surface area contributed by atoms with Crippen LogP contribution in [0, 0.1) is 0 Å². The lowest BCUT2D eigenvalue weighted by Crippen LogP contribution is -2.33. The van der Waals surface area contributed by atoms with Crippen LogP contribution in [0.4, 0.5) is 5.82 Å². The number of esters is 1. The van der Waals surface area contributed by atoms with Crippen LogP contribution in [0.5, 0.6) is 0 Å². The Balaban J connectivity index is 2.94. The third-order valence-corrected chi connectivity index (χ3v) is 2.23. The highest BCUT2D eigenvalue weighted by Gasteiger charge is 2.15. The van der Waals surface area contributed by atoms with Crippen molar-refractivity contribution < 1.29 is 24.2 Å². The van der Waals surface area contributed by atoms with E-state index in [4.69, 9.17) is 9.84 Å². The highest BCUT2D eigenvalue weighted by atomic mass is 16.5. The first-order valence-electron chi connectivity index (χ1n) is 5.44. The molecule has 0 amide bonds. The molecule has 0 aliphatic carbocycles. The summed E-state index contributed by atoms with van der Waals surface area (Å²) in [5.41, 5.74) is 0.0211. The summed E-state index contributed by atoms with van der Waals surface area (Å²) in [4.78, 5) is 31.5. The molecule has 0 saturated heterocycles. The maximum atomic E-state index is 11.3. The molecule has 0 aliphatic rings. The lowest BCUT2D eigenvalue weighted by Gasteiger charge is -2.20. The minimum absolute atomic E-state index is 0.0211. The van der Waals surface area contributed by atoms with Gasteiger partial charge in [0.15, 0.2) is 5.69 Å². The van der Waals surface area contributed by atoms with E-state index >= 15 is 0 Å². The molecule has 0 atom stereocenters. The summed E-state index contributed by atoms with van der Waals surface area (Å²) in [5, 5.41) is 8.85. The van der Waals surface area contributed by atoms with E-state index in [9.17, 15) is 9.59 Å². The fourth-order valence-corrected chi connectivity index (χ4v) is 1.35. The van der Waals surface area contributed by atoms with Gasteiger partial charge in [-0.05, 0) is 0 Å². The van der Waals surface area contributed by atoms with E-state index in [0.717, 1.165) is 0 Å². The molecule has 0 spiro atoms. The number of ether oxygens (including phenoxy) is 2. The third-order valence-electron chi connectivity index (χ3n) is 2.23. The number of carboxylic acid groups (broad SMARTS) is 1. The summed E-state index contributed by atoms with van der Waals surface area (Å²) in [6.07, 6.45) is 2.63. The van der Waals surface area contributed by atoms with E-state index in [-0.39, 0.29) is 18.1 Å². The van der Waals surface area contributed by atoms with Crippen LogP contribution in [0.2, 0.25) is 0 Å². The Bertz CT molecular complexity index is 452. The molecular weight excluding hydrogens is 254 g/mol. The van der Waals surface area contributed by atoms with Gasteiger partial charge in [-0.3, -0.25) is 9.78 Å². The molecule has 0 saturated carbocycles. The molecule has 0 unspecified atom stereocenters. The highest BCUT2D eigenvalue weighted by Crippen LogP contribution is 2.10. The molecule has 8 heteroatoms. The normalized spacial score (nSPS) is 10.0. The van der Waals surface area contributed by atoms with Gasteiger partial charge in [-0.15, -0.1) is 0 Å². The number of anilines is 1. The maximum absolute atomic E-state index is 11.3. The van der Waals surface area contributed by atoms with Gasteiger partial charge in [0.1, 0.15) is 12.4 Å². The van der Waals surface area contributed by atoms with Crippen molar-refractivity contribution in [2.24, 2.45) is 0 Å². The summed E-state index contributed by atoms with van der Waals surface area (Å²) in [5.74, 6) is -1.36. The van der Waals surface area contributed by atoms with Crippen LogP contribution >= 0.6 is 0 Å². The number of rotatable bonds is 7. The van der Waals surface area contributed by atoms with E-state index in [0.29, 0.717) is 13.2 Å². The second kappa shape index (κ2) is 7.27. The Hall–Kier alpha value is -2.22. The zero-order chi connectivity index (χ0) is 14.3. The molecule has 1 aromatic heterocycles. The van der Waals surface area contributed by atoms with E-state index < -0.39 is 11.9 Å². The third kappa shape index (κ3) is 4.51. The first-order valence-corrected chi connectivity index (χ1v) is 5.44. The minimum Gasteiger partial charge on any atom is -0.480 e. The molecule has 1 N–H and O–H groups in total. The Morgan fingerprint density at radius 3 is 2.68 bits per heavy atom. The lowest BCUT2D eigenvalue weighted by atomic mass is 10.4. The Kier molecular flexibility index (Phi) is 5.68. The second-order valence-electron chi connectivity index (χ2n) is 3.56. The SMILES string of the molecule is COCCN(CC(=O)O)c1cncc(C(=O)OC)n1. The van der Waals surface area contributed by atoms with Crippen molar-refractivity contribution in [2.45, 2.75) is 0 Å². The molecule has 0 aliphatic heterocycles. The monoisotopic (exact) mass is 269 g/mol. The number of hydrogen-bond donors (Lipinski definition) is 1. The topological polar surface area (TPSA) is 102 Å². The lowest BCUT2D eigenvalue weighted by molar-refractivity contribution is -0.135. The first-order chi connectivity index (χ1) is 9.08. The van der Waals surface area contributed by atoms with Crippen LogP contribution in [0.3, 0.4) is 0 Å². The predicted molar refractivity (Wildman–Crippen MR) is 65.1 cm³/mol. The van der Waals surface area contributed by atoms with Crippen molar-refractivity contribution in [1.29, 1.82) is 0 Å². The summed E-state index contributed by atoms with van der Waals surface area (Å²) in [6.45, 7) is 0.391. The van der Waals surface area contributed by atoms with Crippen LogP contribution in [0.25, 0.3) is 0 Å². The second-order valence-corrected chi connectivity index (χ2v) is 3.56. The quantitative estimate of drug-likeness (QED) is 0.679. The van der Waals surface area contributed by atoms with Crippen molar-refractivity contribution >= 4 is 17.8 Å². The van der Waals surface area contributed by atoms with Gasteiger partial charge in [0, 0.05) is 13.7 Å². The van der Waals surface area contributed by atoms with Crippen molar-refractivity contribution in [1.82, 2.24) is 9.97 Å². The van der Waals surface area contributed by atoms with E-state index in [1.807, 2.05) is 0 Å². The molecule has 0 bridgehead atoms. The predicted octanol–water partition coefficient (Wildman–Crippen LogP) is -0.199. The van der Waals surface area contributed by atoms with Crippen LogP contribution in [0.1, 0.15) is 10.5 Å². The van der Waals surface area contributed by atoms with Crippen LogP contribution < -0.4 is 4.90 Å². The van der Waals surface area contributed by atoms with Gasteiger partial charge in [0.25, 0.3) is 0 Å². The molecule has 0 aromatic carbocycles. The maximum Gasteiger partial charge on any atom is 0.358 e. The van der Waals surface area contributed by atoms with Crippen molar-refractivity contribution in [2.75, 3.05) is 38.8 Å². The number of nitrogens with zero attached hydrogens (tertiary/aromatic N) is 3. The van der Waals surface area contributed by atoms with Crippen molar-refractivity contribution in [3.05, 3.63) is 18.1 Å². The van der Waals surface area contributed by atoms with Crippen LogP contribution in [-0.4, -0.2) is 60.9 Å². The van der Waals surface area contributed by atoms with Crippen LogP contribution in [0.15, 0.2) is 12.4 Å². The number of carbonyl (C=O) groups excluding carboxylic acids is 1. The smallest absolute Gasteiger partial charge is 0.358 e. The van der Waals surface area contributed by atoms with Gasteiger partial charge >= 0.3 is 11.9 Å². The molecule has 1 rings (SSSR count). The molecule has 0 radical (unpaired) electrons. The number of aliphatic carboxylic acids is 1. The van der Waals surface area contributed by atoms with Crippen molar-refractivity contribution in [3.8, 4) is 0 Å². The largest absolute Gasteiger partial charge is 0.480 e. The fourth-order valence-electron chi connectivity index (χ4n) is 1.35. The van der Waals surface area contributed by atoms with Gasteiger partial charge in [0.05, 0.1) is 26.1 Å². The summed E-state index contributed by atoms with van der Waals surface area (Å²) >= 11 is 0. The summed E-state index contributed by atoms with van der Waals surface area (Å²) in [7, 11) is 2.74. The number of hydrogen-bond acceptors (Lipinski definition) is 7. The zero-order valence-electron chi connectivity index (χ0n) is 10.7. The van der Waals surface area contributed by atoms with Gasteiger partial charge in [0.2, 0.25) is 0 Å². The molecule has 0 fully saturated rings. The molecule has 1 aromatic rings. The molecule has 1 heterocycles. The highest BCUT2D eigenvalue weighted by molar-refractivity contribution is 5.87. The average Bonchev–Trinajstić information content (AvgIpc) is 2.42. The Morgan fingerprint density at radius 2 is 2.11 bits per heavy atom. The summed E-state index contributed by atoms with van der Waals surface area (Å²) in [6, 6.07) is 0. The number of aromatic nitrogens is 2. The Morgan fingerprint density at radius 1 is 1.37 bits per heavy atom. The molecular formula is C11H15N3O5. The number of carboxylic acids is 1. The van der Waals surface area contributed by atoms with Crippen LogP contribution in [-0.2, 0) is 14.3 Å². The standard InChI is InChI=1S/C11H15N3O5/c1-18-4-3-14(7-10(15)16)9-6-12-5-8(13-9)11(17)19-2/h5-6H,3-4,7H2,1-2H3,(H,15,16). The Labute approximate surface area is 110 Å². The van der Waals surface area contributed by atoms with E-state index in [1.165, 1.54) is 31.5 Å². The van der Waals surface area contributed by atoms with Gasteiger partial charge in [-0.1, -0.05) is 0 Å². The fraction of sp³-hybridized carbons (Fsp3) is 0.455.